The number of Topliss-reactive ketones (excluding diaryl/α,β-unsaturated/α-hetero) is 1. The molecule has 2 atom stereocenters. The lowest BCUT2D eigenvalue weighted by Gasteiger charge is -2.14. The van der Waals surface area contributed by atoms with Crippen LogP contribution in [0.3, 0.4) is 0 Å². The molecule has 1 fully saturated rings. The Labute approximate surface area is 196 Å². The third kappa shape index (κ3) is 4.39. The predicted molar refractivity (Wildman–Crippen MR) is 132 cm³/mol. The highest BCUT2D eigenvalue weighted by molar-refractivity contribution is 7.22. The number of nitrogens with one attached hydrogen (secondary N) is 1. The first-order valence-electron chi connectivity index (χ1n) is 11.1. The Morgan fingerprint density at radius 1 is 0.939 bits per heavy atom. The molecule has 0 bridgehead atoms. The zero-order valence-electron chi connectivity index (χ0n) is 18.2. The van der Waals surface area contributed by atoms with Crippen LogP contribution in [0.4, 0.5) is 10.8 Å². The summed E-state index contributed by atoms with van der Waals surface area (Å²) in [4.78, 5) is 28.9. The molecule has 0 radical (unpaired) electrons. The number of anilines is 2. The summed E-state index contributed by atoms with van der Waals surface area (Å²) in [5.41, 5.74) is 5.81. The fourth-order valence-electron chi connectivity index (χ4n) is 4.57. The first-order chi connectivity index (χ1) is 16.0. The number of aryl methyl sites for hydroxylation is 1. The average molecular weight is 457 g/mol. The number of carbonyl (C=O) groups excluding carboxylic acids is 1. The van der Waals surface area contributed by atoms with E-state index in [2.05, 4.69) is 29.4 Å². The number of thiazole rings is 1. The van der Waals surface area contributed by atoms with Gasteiger partial charge >= 0.3 is 5.97 Å². The van der Waals surface area contributed by atoms with Crippen molar-refractivity contribution in [1.82, 2.24) is 4.98 Å². The maximum Gasteiger partial charge on any atom is 0.307 e. The second kappa shape index (κ2) is 8.79. The lowest BCUT2D eigenvalue weighted by Crippen LogP contribution is -2.25. The summed E-state index contributed by atoms with van der Waals surface area (Å²) in [5.74, 6) is -1.89. The van der Waals surface area contributed by atoms with Crippen molar-refractivity contribution < 1.29 is 14.7 Å². The van der Waals surface area contributed by atoms with Crippen LogP contribution in [0.5, 0.6) is 0 Å². The highest BCUT2D eigenvalue weighted by atomic mass is 32.1. The molecule has 4 aromatic rings. The largest absolute Gasteiger partial charge is 0.481 e. The van der Waals surface area contributed by atoms with Crippen molar-refractivity contribution in [2.24, 2.45) is 11.8 Å². The summed E-state index contributed by atoms with van der Waals surface area (Å²) in [6.45, 7) is 2.08. The van der Waals surface area contributed by atoms with Crippen LogP contribution in [0.15, 0.2) is 66.7 Å². The van der Waals surface area contributed by atoms with Gasteiger partial charge in [0, 0.05) is 17.2 Å². The molecule has 1 aliphatic rings. The van der Waals surface area contributed by atoms with Crippen LogP contribution in [-0.4, -0.2) is 21.8 Å². The van der Waals surface area contributed by atoms with E-state index >= 15 is 0 Å². The highest BCUT2D eigenvalue weighted by Crippen LogP contribution is 2.35. The topological polar surface area (TPSA) is 79.3 Å². The molecule has 6 heteroatoms. The molecule has 33 heavy (non-hydrogen) atoms. The summed E-state index contributed by atoms with van der Waals surface area (Å²) in [5, 5.41) is 13.6. The van der Waals surface area contributed by atoms with Gasteiger partial charge in [0.05, 0.1) is 16.1 Å². The Morgan fingerprint density at radius 3 is 2.30 bits per heavy atom. The van der Waals surface area contributed by atoms with E-state index in [1.807, 2.05) is 54.6 Å². The van der Waals surface area contributed by atoms with E-state index in [0.29, 0.717) is 18.4 Å². The molecule has 1 aliphatic carbocycles. The fraction of sp³-hybridized carbons (Fsp3) is 0.222. The fourth-order valence-corrected chi connectivity index (χ4v) is 5.55. The van der Waals surface area contributed by atoms with Crippen LogP contribution in [-0.2, 0) is 4.79 Å². The smallest absolute Gasteiger partial charge is 0.307 e. The molecule has 0 aliphatic heterocycles. The Kier molecular flexibility index (Phi) is 5.68. The minimum atomic E-state index is -0.864. The van der Waals surface area contributed by atoms with Gasteiger partial charge in [0.2, 0.25) is 0 Å². The van der Waals surface area contributed by atoms with Crippen LogP contribution in [0.25, 0.3) is 21.3 Å². The Hall–Kier alpha value is -3.51. The van der Waals surface area contributed by atoms with Gasteiger partial charge < -0.3 is 10.4 Å². The molecule has 0 spiro atoms. The second-order valence-corrected chi connectivity index (χ2v) is 9.65. The van der Waals surface area contributed by atoms with E-state index in [1.165, 1.54) is 5.56 Å². The predicted octanol–water partition coefficient (Wildman–Crippen LogP) is 6.70. The van der Waals surface area contributed by atoms with Gasteiger partial charge in [-0.25, -0.2) is 4.98 Å². The number of benzene rings is 3. The van der Waals surface area contributed by atoms with Crippen LogP contribution >= 0.6 is 11.3 Å². The number of aromatic nitrogens is 1. The number of fused-ring (bicyclic) bond motifs is 1. The van der Waals surface area contributed by atoms with E-state index in [1.54, 1.807) is 11.3 Å². The minimum absolute atomic E-state index is 0.0583. The van der Waals surface area contributed by atoms with Crippen LogP contribution in [0, 0.1) is 18.8 Å². The maximum absolute atomic E-state index is 12.8. The highest BCUT2D eigenvalue weighted by Gasteiger charge is 2.37. The van der Waals surface area contributed by atoms with Crippen molar-refractivity contribution >= 4 is 44.1 Å². The standard InChI is InChI=1S/C27H24N2O3S/c1-16-5-14-23-24(15-16)33-27(29-23)28-20-12-10-18(11-13-20)17-6-8-19(9-7-17)25(30)21-3-2-4-22(21)26(31)32/h5-15,21-22H,2-4H2,1H3,(H,28,29)(H,31,32)/t21-,22-/m1/s1. The molecule has 0 amide bonds. The van der Waals surface area contributed by atoms with Gasteiger partial charge in [-0.1, -0.05) is 60.2 Å². The maximum atomic E-state index is 12.8. The lowest BCUT2D eigenvalue weighted by atomic mass is 9.88. The third-order valence-electron chi connectivity index (χ3n) is 6.35. The summed E-state index contributed by atoms with van der Waals surface area (Å²) in [6.07, 6.45) is 2.03. The van der Waals surface area contributed by atoms with Crippen LogP contribution in [0.1, 0.15) is 35.2 Å². The summed E-state index contributed by atoms with van der Waals surface area (Å²) < 4.78 is 1.16. The third-order valence-corrected chi connectivity index (χ3v) is 7.29. The Bertz CT molecular complexity index is 1330. The average Bonchev–Trinajstić information content (AvgIpc) is 3.46. The number of carbonyl (C=O) groups is 2. The number of aliphatic carboxylic acids is 1. The zero-order valence-corrected chi connectivity index (χ0v) is 19.1. The van der Waals surface area contributed by atoms with E-state index in [0.717, 1.165) is 38.6 Å². The van der Waals surface area contributed by atoms with Crippen molar-refractivity contribution in [1.29, 1.82) is 0 Å². The van der Waals surface area contributed by atoms with E-state index in [-0.39, 0.29) is 5.78 Å². The number of carboxylic acid groups (broad SMARTS) is 1. The first kappa shape index (κ1) is 21.3. The van der Waals surface area contributed by atoms with Gasteiger partial charge in [0.15, 0.2) is 10.9 Å². The molecule has 0 saturated heterocycles. The SMILES string of the molecule is Cc1ccc2nc(Nc3ccc(-c4ccc(C(=O)[C@@H]5CCC[C@H]5C(=O)O)cc4)cc3)sc2c1. The van der Waals surface area contributed by atoms with E-state index < -0.39 is 17.8 Å². The number of nitrogens with zero attached hydrogens (tertiary/aromatic N) is 1. The first-order valence-corrected chi connectivity index (χ1v) is 11.9. The number of hydrogen-bond acceptors (Lipinski definition) is 5. The van der Waals surface area contributed by atoms with Crippen LogP contribution < -0.4 is 5.32 Å². The Balaban J connectivity index is 1.29. The molecular weight excluding hydrogens is 432 g/mol. The Morgan fingerprint density at radius 2 is 1.61 bits per heavy atom. The van der Waals surface area contributed by atoms with E-state index in [4.69, 9.17) is 0 Å². The molecule has 1 heterocycles. The van der Waals surface area contributed by atoms with Gasteiger partial charge in [-0.15, -0.1) is 0 Å². The monoisotopic (exact) mass is 456 g/mol. The molecule has 166 valence electrons. The summed E-state index contributed by atoms with van der Waals surface area (Å²) in [6, 6.07) is 21.8. The molecule has 3 aromatic carbocycles. The molecule has 0 unspecified atom stereocenters. The molecule has 5 rings (SSSR count). The number of hydrogen-bond donors (Lipinski definition) is 2. The summed E-state index contributed by atoms with van der Waals surface area (Å²) in [7, 11) is 0. The van der Waals surface area contributed by atoms with E-state index in [9.17, 15) is 14.7 Å². The number of ketones is 1. The van der Waals surface area contributed by atoms with Crippen molar-refractivity contribution in [3.05, 3.63) is 77.9 Å². The molecule has 5 nitrogen and oxygen atoms in total. The van der Waals surface area contributed by atoms with Gasteiger partial charge in [-0.2, -0.15) is 0 Å². The van der Waals surface area contributed by atoms with Gasteiger partial charge in [0.1, 0.15) is 0 Å². The van der Waals surface area contributed by atoms with Crippen molar-refractivity contribution in [3.8, 4) is 11.1 Å². The van der Waals surface area contributed by atoms with Gasteiger partial charge in [-0.3, -0.25) is 9.59 Å². The second-order valence-electron chi connectivity index (χ2n) is 8.62. The van der Waals surface area contributed by atoms with Crippen LogP contribution in [0.2, 0.25) is 0 Å². The number of carboxylic acids is 1. The lowest BCUT2D eigenvalue weighted by molar-refractivity contribution is -0.142. The van der Waals surface area contributed by atoms with Crippen molar-refractivity contribution in [2.45, 2.75) is 26.2 Å². The summed E-state index contributed by atoms with van der Waals surface area (Å²) >= 11 is 1.63. The minimum Gasteiger partial charge on any atom is -0.481 e. The molecule has 1 saturated carbocycles. The number of rotatable bonds is 6. The van der Waals surface area contributed by atoms with Gasteiger partial charge in [0.25, 0.3) is 0 Å². The normalized spacial score (nSPS) is 17.8. The van der Waals surface area contributed by atoms with Gasteiger partial charge in [-0.05, 0) is 60.7 Å². The molecular formula is C27H24N2O3S. The molecule has 1 aromatic heterocycles. The van der Waals surface area contributed by atoms with Crippen molar-refractivity contribution in [3.63, 3.8) is 0 Å². The zero-order chi connectivity index (χ0) is 22.9. The van der Waals surface area contributed by atoms with Crippen molar-refractivity contribution in [2.75, 3.05) is 5.32 Å². The molecule has 2 N–H and O–H groups in total. The quantitative estimate of drug-likeness (QED) is 0.316.